The number of nitro groups is 1. The Morgan fingerprint density at radius 1 is 1.18 bits per heavy atom. The number of nitrogens with one attached hydrogen (secondary N) is 1. The molecule has 3 aliphatic rings. The quantitative estimate of drug-likeness (QED) is 0.132. The van der Waals surface area contributed by atoms with Gasteiger partial charge in [-0.1, -0.05) is 18.2 Å². The highest BCUT2D eigenvalue weighted by Gasteiger charge is 2.69. The zero-order valence-corrected chi connectivity index (χ0v) is 24.7. The SMILES string of the molecule is CN(C)C1C(=O)C(C(N)=O)C(=O)C2(O)C(=O)C3C(=O)c4c(ccc(Nc5nc(-c6cccc([N+](=O)[O-])c6)cs5)c4O)CC3CC12. The lowest BCUT2D eigenvalue weighted by Gasteiger charge is -2.52. The summed E-state index contributed by atoms with van der Waals surface area (Å²) in [6, 6.07) is 7.93. The maximum absolute atomic E-state index is 14.0. The van der Waals surface area contributed by atoms with Gasteiger partial charge in [-0.15, -0.1) is 11.3 Å². The number of ketones is 4. The Morgan fingerprint density at radius 2 is 1.91 bits per heavy atom. The van der Waals surface area contributed by atoms with E-state index in [0.717, 1.165) is 11.3 Å². The molecule has 2 fully saturated rings. The zero-order chi connectivity index (χ0) is 32.5. The van der Waals surface area contributed by atoms with Gasteiger partial charge in [0.05, 0.1) is 33.8 Å². The minimum atomic E-state index is -2.80. The fraction of sp³-hybridized carbons (Fsp3) is 0.333. The van der Waals surface area contributed by atoms with Gasteiger partial charge in [0.25, 0.3) is 5.69 Å². The number of primary amides is 1. The Bertz CT molecular complexity index is 1840. The number of non-ortho nitro benzene ring substituents is 1. The standard InChI is InChI=1S/C30H27N5O9S/c1-34(2)22-16-10-14-8-13-6-7-17(32-29-33-18(11-45-29)12-4-3-5-15(9-12)35(43)44)23(36)19(13)24(37)20(14)26(39)30(16,42)27(40)21(25(22)38)28(31)41/h3-7,9,11,14,16,20-22,36,42H,8,10H2,1-2H3,(H2,31,41)(H,32,33). The summed E-state index contributed by atoms with van der Waals surface area (Å²) in [7, 11) is 3.05. The van der Waals surface area contributed by atoms with E-state index in [1.54, 1.807) is 23.6 Å². The van der Waals surface area contributed by atoms with Crippen LogP contribution in [0.4, 0.5) is 16.5 Å². The number of carbonyl (C=O) groups is 5. The van der Waals surface area contributed by atoms with Gasteiger partial charge in [-0.3, -0.25) is 39.0 Å². The van der Waals surface area contributed by atoms with Crippen LogP contribution in [0.15, 0.2) is 41.8 Å². The maximum atomic E-state index is 14.0. The van der Waals surface area contributed by atoms with Crippen LogP contribution in [0.1, 0.15) is 22.3 Å². The second kappa shape index (κ2) is 10.6. The Hall–Kier alpha value is -4.86. The topological polar surface area (TPSA) is 223 Å². The Morgan fingerprint density at radius 3 is 2.58 bits per heavy atom. The number of carbonyl (C=O) groups excluding carboxylic acids is 5. The molecule has 2 aromatic carbocycles. The van der Waals surface area contributed by atoms with Gasteiger partial charge in [-0.05, 0) is 44.5 Å². The molecule has 1 aromatic heterocycles. The number of aromatic hydroxyl groups is 1. The van der Waals surface area contributed by atoms with E-state index in [-0.39, 0.29) is 29.8 Å². The van der Waals surface area contributed by atoms with Crippen LogP contribution in [-0.2, 0) is 25.6 Å². The first-order valence-electron chi connectivity index (χ1n) is 13.9. The molecule has 6 unspecified atom stereocenters. The number of phenols is 1. The van der Waals surface area contributed by atoms with E-state index in [1.807, 2.05) is 0 Å². The Balaban J connectivity index is 1.33. The number of rotatable bonds is 6. The molecule has 6 atom stereocenters. The predicted octanol–water partition coefficient (Wildman–Crippen LogP) is 1.64. The summed E-state index contributed by atoms with van der Waals surface area (Å²) in [5.74, 6) is -11.2. The number of aromatic nitrogens is 1. The summed E-state index contributed by atoms with van der Waals surface area (Å²) in [5.41, 5.74) is 3.80. The van der Waals surface area contributed by atoms with Crippen molar-refractivity contribution in [2.24, 2.45) is 29.4 Å². The lowest BCUT2D eigenvalue weighted by Crippen LogP contribution is -2.74. The fourth-order valence-corrected chi connectivity index (χ4v) is 7.77. The Labute approximate surface area is 259 Å². The molecular formula is C30H27N5O9S. The van der Waals surface area contributed by atoms with Crippen LogP contribution in [-0.4, -0.2) is 79.8 Å². The number of aliphatic hydroxyl groups is 1. The van der Waals surface area contributed by atoms with Gasteiger partial charge in [-0.2, -0.15) is 0 Å². The molecule has 0 radical (unpaired) electrons. The van der Waals surface area contributed by atoms with Crippen molar-refractivity contribution in [3.63, 3.8) is 0 Å². The Kier molecular flexibility index (Phi) is 7.14. The number of nitrogens with zero attached hydrogens (tertiary/aromatic N) is 3. The number of hydrogen-bond acceptors (Lipinski definition) is 13. The second-order valence-corrected chi connectivity index (χ2v) is 12.6. The number of anilines is 2. The van der Waals surface area contributed by atoms with E-state index < -0.39 is 75.0 Å². The molecule has 0 aliphatic heterocycles. The minimum absolute atomic E-state index is 0.0375. The van der Waals surface area contributed by atoms with Crippen LogP contribution < -0.4 is 11.1 Å². The zero-order valence-electron chi connectivity index (χ0n) is 23.9. The molecule has 3 aromatic rings. The highest BCUT2D eigenvalue weighted by molar-refractivity contribution is 7.14. The van der Waals surface area contributed by atoms with Crippen LogP contribution in [0.25, 0.3) is 11.3 Å². The molecule has 1 amide bonds. The molecule has 232 valence electrons. The number of amides is 1. The highest BCUT2D eigenvalue weighted by atomic mass is 32.1. The number of thiazole rings is 1. The lowest BCUT2D eigenvalue weighted by atomic mass is 9.52. The number of Topliss-reactive ketones (excluding diaryl/α,β-unsaturated/α-hetero) is 4. The van der Waals surface area contributed by atoms with E-state index >= 15 is 0 Å². The number of likely N-dealkylation sites (N-methyl/N-ethyl adjacent to an activating group) is 1. The van der Waals surface area contributed by atoms with E-state index in [9.17, 15) is 44.3 Å². The molecule has 6 rings (SSSR count). The van der Waals surface area contributed by atoms with Crippen molar-refractivity contribution >= 4 is 56.9 Å². The van der Waals surface area contributed by atoms with Crippen molar-refractivity contribution < 1.29 is 39.1 Å². The summed E-state index contributed by atoms with van der Waals surface area (Å²) < 4.78 is 0. The summed E-state index contributed by atoms with van der Waals surface area (Å²) in [6.07, 6.45) is 0.109. The third-order valence-electron chi connectivity index (χ3n) is 9.03. The normalized spacial score (nSPS) is 27.5. The summed E-state index contributed by atoms with van der Waals surface area (Å²) in [5, 5.41) is 39.0. The number of hydrogen-bond donors (Lipinski definition) is 4. The molecule has 0 saturated heterocycles. The molecule has 3 aliphatic carbocycles. The van der Waals surface area contributed by atoms with E-state index in [0.29, 0.717) is 22.0 Å². The third-order valence-corrected chi connectivity index (χ3v) is 9.79. The first kappa shape index (κ1) is 30.2. The average Bonchev–Trinajstić information content (AvgIpc) is 3.45. The molecule has 0 spiro atoms. The number of benzene rings is 2. The number of phenolic OH excluding ortho intramolecular Hbond substituents is 1. The summed E-state index contributed by atoms with van der Waals surface area (Å²) in [6.45, 7) is 0. The van der Waals surface area contributed by atoms with Gasteiger partial charge in [0.1, 0.15) is 5.75 Å². The van der Waals surface area contributed by atoms with Crippen LogP contribution >= 0.6 is 11.3 Å². The molecule has 5 N–H and O–H groups in total. The summed E-state index contributed by atoms with van der Waals surface area (Å²) in [4.78, 5) is 83.1. The fourth-order valence-electron chi connectivity index (χ4n) is 7.04. The van der Waals surface area contributed by atoms with Crippen molar-refractivity contribution in [2.75, 3.05) is 19.4 Å². The molecule has 0 bridgehead atoms. The van der Waals surface area contributed by atoms with Crippen LogP contribution in [0.5, 0.6) is 5.75 Å². The maximum Gasteiger partial charge on any atom is 0.270 e. The van der Waals surface area contributed by atoms with Crippen molar-refractivity contribution in [3.8, 4) is 17.0 Å². The first-order valence-corrected chi connectivity index (χ1v) is 14.8. The molecule has 15 heteroatoms. The number of fused-ring (bicyclic) bond motifs is 3. The van der Waals surface area contributed by atoms with Gasteiger partial charge in [-0.25, -0.2) is 4.98 Å². The van der Waals surface area contributed by atoms with E-state index in [1.165, 1.54) is 37.2 Å². The van der Waals surface area contributed by atoms with E-state index in [2.05, 4.69) is 10.3 Å². The highest BCUT2D eigenvalue weighted by Crippen LogP contribution is 2.51. The summed E-state index contributed by atoms with van der Waals surface area (Å²) >= 11 is 1.15. The van der Waals surface area contributed by atoms with Crippen LogP contribution in [0, 0.1) is 33.8 Å². The molecule has 14 nitrogen and oxygen atoms in total. The van der Waals surface area contributed by atoms with Crippen LogP contribution in [0.3, 0.4) is 0 Å². The van der Waals surface area contributed by atoms with Gasteiger partial charge in [0, 0.05) is 29.0 Å². The molecular weight excluding hydrogens is 606 g/mol. The van der Waals surface area contributed by atoms with Gasteiger partial charge >= 0.3 is 0 Å². The smallest absolute Gasteiger partial charge is 0.270 e. The van der Waals surface area contributed by atoms with Crippen LogP contribution in [0.2, 0.25) is 0 Å². The predicted molar refractivity (Wildman–Crippen MR) is 159 cm³/mol. The van der Waals surface area contributed by atoms with Crippen molar-refractivity contribution in [3.05, 3.63) is 63.0 Å². The second-order valence-electron chi connectivity index (χ2n) is 11.8. The monoisotopic (exact) mass is 633 g/mol. The largest absolute Gasteiger partial charge is 0.505 e. The van der Waals surface area contributed by atoms with Crippen molar-refractivity contribution in [1.29, 1.82) is 0 Å². The van der Waals surface area contributed by atoms with Gasteiger partial charge in [0.2, 0.25) is 5.91 Å². The van der Waals surface area contributed by atoms with Gasteiger partial charge < -0.3 is 21.3 Å². The lowest BCUT2D eigenvalue weighted by molar-refractivity contribution is -0.384. The first-order chi connectivity index (χ1) is 21.2. The number of nitrogens with two attached hydrogens (primary N) is 1. The van der Waals surface area contributed by atoms with E-state index in [4.69, 9.17) is 5.73 Å². The molecule has 1 heterocycles. The molecule has 2 saturated carbocycles. The number of nitro benzene ring substituents is 1. The third kappa shape index (κ3) is 4.53. The average molecular weight is 634 g/mol. The van der Waals surface area contributed by atoms with Crippen molar-refractivity contribution in [2.45, 2.75) is 24.5 Å². The minimum Gasteiger partial charge on any atom is -0.505 e. The molecule has 45 heavy (non-hydrogen) atoms. The van der Waals surface area contributed by atoms with Gasteiger partial charge in [0.15, 0.2) is 39.8 Å². The van der Waals surface area contributed by atoms with Crippen molar-refractivity contribution in [1.82, 2.24) is 9.88 Å².